The molecule has 0 unspecified atom stereocenters. The van der Waals surface area contributed by atoms with Crippen LogP contribution in [0.15, 0.2) is 47.4 Å². The van der Waals surface area contributed by atoms with Crippen LogP contribution in [0, 0.1) is 12.8 Å². The molecule has 162 valence electrons. The summed E-state index contributed by atoms with van der Waals surface area (Å²) in [5.41, 5.74) is 0.209. The van der Waals surface area contributed by atoms with Gasteiger partial charge in [0, 0.05) is 29.7 Å². The Morgan fingerprint density at radius 2 is 1.77 bits per heavy atom. The number of benzene rings is 2. The Morgan fingerprint density at radius 1 is 1.13 bits per heavy atom. The van der Waals surface area contributed by atoms with E-state index in [1.165, 1.54) is 6.07 Å². The van der Waals surface area contributed by atoms with Gasteiger partial charge in [-0.25, -0.2) is 8.42 Å². The Hall–Kier alpha value is -2.10. The number of amides is 1. The number of rotatable bonds is 4. The van der Waals surface area contributed by atoms with Crippen LogP contribution in [0.3, 0.4) is 0 Å². The van der Waals surface area contributed by atoms with Gasteiger partial charge in [0.1, 0.15) is 0 Å². The van der Waals surface area contributed by atoms with Crippen molar-refractivity contribution in [1.82, 2.24) is 4.31 Å². The van der Waals surface area contributed by atoms with Crippen molar-refractivity contribution in [1.29, 1.82) is 0 Å². The summed E-state index contributed by atoms with van der Waals surface area (Å²) in [4.78, 5) is 11.8. The van der Waals surface area contributed by atoms with Crippen molar-refractivity contribution in [2.24, 2.45) is 5.92 Å². The zero-order chi connectivity index (χ0) is 22.1. The number of nitrogens with zero attached hydrogens (tertiary/aromatic N) is 1. The predicted octanol–water partition coefficient (Wildman–Crippen LogP) is 4.71. The summed E-state index contributed by atoms with van der Waals surface area (Å²) in [6, 6.07) is 9.17. The van der Waals surface area contributed by atoms with E-state index in [1.807, 2.05) is 0 Å². The van der Waals surface area contributed by atoms with E-state index in [2.05, 4.69) is 5.32 Å². The lowest BCUT2D eigenvalue weighted by Gasteiger charge is -2.31. The third-order valence-electron chi connectivity index (χ3n) is 5.08. The lowest BCUT2D eigenvalue weighted by molar-refractivity contribution is -0.139. The second-order valence-electron chi connectivity index (χ2n) is 7.12. The van der Waals surface area contributed by atoms with Crippen molar-refractivity contribution in [3.63, 3.8) is 0 Å². The summed E-state index contributed by atoms with van der Waals surface area (Å²) in [6.07, 6.45) is -4.35. The second-order valence-corrected chi connectivity index (χ2v) is 9.46. The third kappa shape index (κ3) is 4.79. The first-order valence-electron chi connectivity index (χ1n) is 9.23. The molecular formula is C20H20ClF3N2O3S. The quantitative estimate of drug-likeness (QED) is 0.718. The zero-order valence-electron chi connectivity index (χ0n) is 16.0. The van der Waals surface area contributed by atoms with Gasteiger partial charge in [-0.3, -0.25) is 4.79 Å². The molecule has 0 aliphatic carbocycles. The molecule has 3 rings (SSSR count). The minimum absolute atomic E-state index is 0.0355. The summed E-state index contributed by atoms with van der Waals surface area (Å²) in [7, 11) is -4.33. The first-order chi connectivity index (χ1) is 14.0. The molecule has 30 heavy (non-hydrogen) atoms. The van der Waals surface area contributed by atoms with Crippen LogP contribution in [-0.2, 0) is 21.0 Å². The first-order valence-corrected chi connectivity index (χ1v) is 11.1. The zero-order valence-corrected chi connectivity index (χ0v) is 17.6. The highest BCUT2D eigenvalue weighted by Gasteiger charge is 2.40. The van der Waals surface area contributed by atoms with E-state index in [-0.39, 0.29) is 31.8 Å². The van der Waals surface area contributed by atoms with Gasteiger partial charge in [0.05, 0.1) is 10.5 Å². The molecule has 1 aliphatic heterocycles. The van der Waals surface area contributed by atoms with Crippen LogP contribution in [0.2, 0.25) is 5.02 Å². The highest BCUT2D eigenvalue weighted by atomic mass is 35.5. The molecule has 1 N–H and O–H groups in total. The largest absolute Gasteiger partial charge is 0.417 e. The van der Waals surface area contributed by atoms with E-state index in [9.17, 15) is 26.4 Å². The SMILES string of the molecule is Cc1cc(Cl)ccc1NC(=O)C1CCN(S(=O)(=O)c2ccccc2C(F)(F)F)CC1. The van der Waals surface area contributed by atoms with Crippen molar-refractivity contribution in [2.45, 2.75) is 30.8 Å². The van der Waals surface area contributed by atoms with Crippen molar-refractivity contribution < 1.29 is 26.4 Å². The number of piperidine rings is 1. The fourth-order valence-corrected chi connectivity index (χ4v) is 5.33. The molecule has 0 aromatic heterocycles. The highest BCUT2D eigenvalue weighted by Crippen LogP contribution is 2.36. The van der Waals surface area contributed by atoms with Gasteiger partial charge in [-0.1, -0.05) is 23.7 Å². The number of hydrogen-bond acceptors (Lipinski definition) is 3. The number of aryl methyl sites for hydroxylation is 1. The molecule has 0 radical (unpaired) electrons. The molecule has 1 heterocycles. The minimum Gasteiger partial charge on any atom is -0.326 e. The Labute approximate surface area is 177 Å². The van der Waals surface area contributed by atoms with Crippen LogP contribution in [0.1, 0.15) is 24.0 Å². The van der Waals surface area contributed by atoms with E-state index in [0.29, 0.717) is 10.7 Å². The summed E-state index contributed by atoms with van der Waals surface area (Å²) in [6.45, 7) is 1.73. The summed E-state index contributed by atoms with van der Waals surface area (Å²) >= 11 is 5.91. The maximum absolute atomic E-state index is 13.2. The van der Waals surface area contributed by atoms with Gasteiger partial charge < -0.3 is 5.32 Å². The molecular weight excluding hydrogens is 441 g/mol. The maximum Gasteiger partial charge on any atom is 0.417 e. The first kappa shape index (κ1) is 22.6. The molecule has 0 atom stereocenters. The molecule has 2 aromatic carbocycles. The lowest BCUT2D eigenvalue weighted by atomic mass is 9.97. The lowest BCUT2D eigenvalue weighted by Crippen LogP contribution is -2.41. The third-order valence-corrected chi connectivity index (χ3v) is 7.27. The van der Waals surface area contributed by atoms with Crippen LogP contribution < -0.4 is 5.32 Å². The predicted molar refractivity (Wildman–Crippen MR) is 108 cm³/mol. The minimum atomic E-state index is -4.78. The standard InChI is InChI=1S/C20H20ClF3N2O3S/c1-13-12-15(21)6-7-17(13)25-19(27)14-8-10-26(11-9-14)30(28,29)18-5-3-2-4-16(18)20(22,23)24/h2-7,12,14H,8-11H2,1H3,(H,25,27). The Balaban J connectivity index is 1.70. The van der Waals surface area contributed by atoms with Crippen molar-refractivity contribution in [3.8, 4) is 0 Å². The molecule has 0 saturated carbocycles. The summed E-state index contributed by atoms with van der Waals surface area (Å²) < 4.78 is 66.3. The molecule has 1 fully saturated rings. The molecule has 0 bridgehead atoms. The van der Waals surface area contributed by atoms with E-state index in [0.717, 1.165) is 28.1 Å². The molecule has 2 aromatic rings. The topological polar surface area (TPSA) is 66.5 Å². The normalized spacial score (nSPS) is 16.4. The van der Waals surface area contributed by atoms with E-state index in [1.54, 1.807) is 25.1 Å². The molecule has 1 saturated heterocycles. The van der Waals surface area contributed by atoms with Crippen LogP contribution in [0.4, 0.5) is 18.9 Å². The highest BCUT2D eigenvalue weighted by molar-refractivity contribution is 7.89. The number of sulfonamides is 1. The fraction of sp³-hybridized carbons (Fsp3) is 0.350. The monoisotopic (exact) mass is 460 g/mol. The van der Waals surface area contributed by atoms with Crippen molar-refractivity contribution in [2.75, 3.05) is 18.4 Å². The Bertz CT molecular complexity index is 1050. The summed E-state index contributed by atoms with van der Waals surface area (Å²) in [5.74, 6) is -0.697. The van der Waals surface area contributed by atoms with E-state index in [4.69, 9.17) is 11.6 Å². The van der Waals surface area contributed by atoms with Gasteiger partial charge in [0.25, 0.3) is 0 Å². The number of halogens is 4. The van der Waals surface area contributed by atoms with Gasteiger partial charge >= 0.3 is 6.18 Å². The van der Waals surface area contributed by atoms with E-state index >= 15 is 0 Å². The van der Waals surface area contributed by atoms with Gasteiger partial charge in [0.2, 0.25) is 15.9 Å². The fourth-order valence-electron chi connectivity index (χ4n) is 3.43. The Kier molecular flexibility index (Phi) is 6.45. The number of hydrogen-bond donors (Lipinski definition) is 1. The van der Waals surface area contributed by atoms with Crippen molar-refractivity contribution in [3.05, 3.63) is 58.6 Å². The average molecular weight is 461 g/mol. The molecule has 0 spiro atoms. The van der Waals surface area contributed by atoms with Crippen LogP contribution in [0.5, 0.6) is 0 Å². The van der Waals surface area contributed by atoms with Crippen LogP contribution in [0.25, 0.3) is 0 Å². The van der Waals surface area contributed by atoms with Gasteiger partial charge in [-0.15, -0.1) is 0 Å². The average Bonchev–Trinajstić information content (AvgIpc) is 2.69. The van der Waals surface area contributed by atoms with Crippen LogP contribution >= 0.6 is 11.6 Å². The number of nitrogens with one attached hydrogen (secondary N) is 1. The summed E-state index contributed by atoms with van der Waals surface area (Å²) in [5, 5.41) is 3.35. The van der Waals surface area contributed by atoms with Gasteiger partial charge in [-0.05, 0) is 55.7 Å². The number of alkyl halides is 3. The number of carbonyl (C=O) groups excluding carboxylic acids is 1. The molecule has 1 amide bonds. The van der Waals surface area contributed by atoms with Gasteiger partial charge in [0.15, 0.2) is 0 Å². The molecule has 10 heteroatoms. The van der Waals surface area contributed by atoms with Crippen LogP contribution in [-0.4, -0.2) is 31.7 Å². The maximum atomic E-state index is 13.2. The smallest absolute Gasteiger partial charge is 0.326 e. The molecule has 1 aliphatic rings. The Morgan fingerprint density at radius 3 is 2.37 bits per heavy atom. The van der Waals surface area contributed by atoms with Gasteiger partial charge in [-0.2, -0.15) is 17.5 Å². The molecule has 5 nitrogen and oxygen atoms in total. The van der Waals surface area contributed by atoms with E-state index < -0.39 is 32.6 Å². The second kappa shape index (κ2) is 8.56. The van der Waals surface area contributed by atoms with Crippen molar-refractivity contribution >= 4 is 33.2 Å². The number of carbonyl (C=O) groups is 1. The number of anilines is 1.